The van der Waals surface area contributed by atoms with Crippen LogP contribution >= 0.6 is 11.3 Å². The highest BCUT2D eigenvalue weighted by Gasteiger charge is 2.14. The molecule has 0 radical (unpaired) electrons. The predicted molar refractivity (Wildman–Crippen MR) is 60.2 cm³/mol. The summed E-state index contributed by atoms with van der Waals surface area (Å²) in [6, 6.07) is 0. The standard InChI is InChI=1S/C10H16N2O2S/c1-4-8(13)5-11-10(14)9-6(2)12-7(3)15-9/h8,13H,4-5H2,1-3H3,(H,11,14). The fourth-order valence-corrected chi connectivity index (χ4v) is 2.01. The number of nitrogens with zero attached hydrogens (tertiary/aromatic N) is 1. The first kappa shape index (κ1) is 12.1. The van der Waals surface area contributed by atoms with Gasteiger partial charge in [0.25, 0.3) is 5.91 Å². The van der Waals surface area contributed by atoms with Crippen molar-refractivity contribution in [3.05, 3.63) is 15.6 Å². The molecule has 0 bridgehead atoms. The van der Waals surface area contributed by atoms with E-state index in [1.54, 1.807) is 0 Å². The van der Waals surface area contributed by atoms with Crippen LogP contribution in [0.5, 0.6) is 0 Å². The minimum Gasteiger partial charge on any atom is -0.391 e. The van der Waals surface area contributed by atoms with Crippen molar-refractivity contribution < 1.29 is 9.90 Å². The molecule has 1 heterocycles. The van der Waals surface area contributed by atoms with Crippen molar-refractivity contribution in [1.82, 2.24) is 10.3 Å². The molecular formula is C10H16N2O2S. The molecule has 0 saturated heterocycles. The van der Waals surface area contributed by atoms with Gasteiger partial charge in [0.1, 0.15) is 4.88 Å². The molecule has 1 aromatic heterocycles. The molecule has 2 N–H and O–H groups in total. The van der Waals surface area contributed by atoms with Crippen LogP contribution in [0.1, 0.15) is 33.7 Å². The second-order valence-electron chi connectivity index (χ2n) is 3.42. The van der Waals surface area contributed by atoms with Crippen molar-refractivity contribution in [2.75, 3.05) is 6.54 Å². The highest BCUT2D eigenvalue weighted by Crippen LogP contribution is 2.16. The van der Waals surface area contributed by atoms with Gasteiger partial charge in [0.2, 0.25) is 0 Å². The number of carbonyl (C=O) groups is 1. The number of hydrogen-bond donors (Lipinski definition) is 2. The summed E-state index contributed by atoms with van der Waals surface area (Å²) in [4.78, 5) is 16.5. The summed E-state index contributed by atoms with van der Waals surface area (Å²) in [6.07, 6.45) is 0.171. The van der Waals surface area contributed by atoms with E-state index in [0.29, 0.717) is 17.8 Å². The van der Waals surface area contributed by atoms with Gasteiger partial charge in [0.15, 0.2) is 0 Å². The third-order valence-corrected chi connectivity index (χ3v) is 3.15. The topological polar surface area (TPSA) is 62.2 Å². The molecule has 1 amide bonds. The number of hydrogen-bond acceptors (Lipinski definition) is 4. The van der Waals surface area contributed by atoms with E-state index >= 15 is 0 Å². The zero-order valence-electron chi connectivity index (χ0n) is 9.20. The smallest absolute Gasteiger partial charge is 0.263 e. The fraction of sp³-hybridized carbons (Fsp3) is 0.600. The summed E-state index contributed by atoms with van der Waals surface area (Å²) >= 11 is 1.38. The number of aromatic nitrogens is 1. The van der Waals surface area contributed by atoms with Crippen LogP contribution in [0.4, 0.5) is 0 Å². The molecule has 0 aliphatic carbocycles. The normalized spacial score (nSPS) is 12.5. The lowest BCUT2D eigenvalue weighted by Crippen LogP contribution is -2.31. The summed E-state index contributed by atoms with van der Waals surface area (Å²) in [6.45, 7) is 5.86. The predicted octanol–water partition coefficient (Wildman–Crippen LogP) is 1.26. The Morgan fingerprint density at radius 3 is 2.73 bits per heavy atom. The average Bonchev–Trinajstić information content (AvgIpc) is 2.53. The molecule has 84 valence electrons. The Kier molecular flexibility index (Phi) is 4.23. The van der Waals surface area contributed by atoms with E-state index in [4.69, 9.17) is 0 Å². The molecule has 1 atom stereocenters. The van der Waals surface area contributed by atoms with Crippen molar-refractivity contribution in [1.29, 1.82) is 0 Å². The van der Waals surface area contributed by atoms with Gasteiger partial charge in [-0.1, -0.05) is 6.92 Å². The highest BCUT2D eigenvalue weighted by molar-refractivity contribution is 7.13. The van der Waals surface area contributed by atoms with E-state index in [2.05, 4.69) is 10.3 Å². The number of nitrogens with one attached hydrogen (secondary N) is 1. The van der Waals surface area contributed by atoms with Gasteiger partial charge in [-0.2, -0.15) is 0 Å². The van der Waals surface area contributed by atoms with Crippen LogP contribution in [-0.4, -0.2) is 28.6 Å². The van der Waals surface area contributed by atoms with Crippen molar-refractivity contribution in [3.63, 3.8) is 0 Å². The molecule has 0 saturated carbocycles. The lowest BCUT2D eigenvalue weighted by atomic mass is 10.3. The van der Waals surface area contributed by atoms with Crippen molar-refractivity contribution >= 4 is 17.2 Å². The number of carbonyl (C=O) groups excluding carboxylic acids is 1. The Labute approximate surface area is 93.4 Å². The van der Waals surface area contributed by atoms with E-state index in [9.17, 15) is 9.90 Å². The van der Waals surface area contributed by atoms with Crippen LogP contribution in [0.3, 0.4) is 0 Å². The first-order chi connectivity index (χ1) is 7.04. The van der Waals surface area contributed by atoms with Gasteiger partial charge in [0.05, 0.1) is 16.8 Å². The number of amides is 1. The van der Waals surface area contributed by atoms with Gasteiger partial charge in [-0.05, 0) is 20.3 Å². The second-order valence-corrected chi connectivity index (χ2v) is 4.62. The molecule has 0 spiro atoms. The average molecular weight is 228 g/mol. The Balaban J connectivity index is 2.58. The largest absolute Gasteiger partial charge is 0.391 e. The summed E-state index contributed by atoms with van der Waals surface area (Å²) < 4.78 is 0. The number of rotatable bonds is 4. The first-order valence-electron chi connectivity index (χ1n) is 4.94. The zero-order valence-corrected chi connectivity index (χ0v) is 10.0. The van der Waals surface area contributed by atoms with Gasteiger partial charge in [-0.15, -0.1) is 11.3 Å². The van der Waals surface area contributed by atoms with Gasteiger partial charge in [-0.25, -0.2) is 4.98 Å². The maximum Gasteiger partial charge on any atom is 0.263 e. The Bertz CT molecular complexity index is 349. The summed E-state index contributed by atoms with van der Waals surface area (Å²) in [5.74, 6) is -0.148. The molecule has 0 aliphatic rings. The molecule has 1 unspecified atom stereocenters. The molecule has 0 aliphatic heterocycles. The van der Waals surface area contributed by atoms with E-state index in [1.807, 2.05) is 20.8 Å². The maximum atomic E-state index is 11.6. The van der Waals surface area contributed by atoms with E-state index in [0.717, 1.165) is 10.7 Å². The van der Waals surface area contributed by atoms with Gasteiger partial charge >= 0.3 is 0 Å². The van der Waals surface area contributed by atoms with Crippen LogP contribution in [-0.2, 0) is 0 Å². The minimum absolute atomic E-state index is 0.148. The van der Waals surface area contributed by atoms with Crippen LogP contribution in [0.25, 0.3) is 0 Å². The fourth-order valence-electron chi connectivity index (χ4n) is 1.18. The third kappa shape index (κ3) is 3.28. The lowest BCUT2D eigenvalue weighted by Gasteiger charge is -2.08. The van der Waals surface area contributed by atoms with Crippen LogP contribution in [0.15, 0.2) is 0 Å². The Hall–Kier alpha value is -0.940. The van der Waals surface area contributed by atoms with Crippen molar-refractivity contribution in [3.8, 4) is 0 Å². The van der Waals surface area contributed by atoms with Crippen molar-refractivity contribution in [2.45, 2.75) is 33.3 Å². The summed E-state index contributed by atoms with van der Waals surface area (Å²) in [5.41, 5.74) is 0.751. The third-order valence-electron chi connectivity index (χ3n) is 2.08. The van der Waals surface area contributed by atoms with Crippen LogP contribution in [0, 0.1) is 13.8 Å². The number of aliphatic hydroxyl groups excluding tert-OH is 1. The number of aliphatic hydroxyl groups is 1. The van der Waals surface area contributed by atoms with Gasteiger partial charge in [0, 0.05) is 6.54 Å². The summed E-state index contributed by atoms with van der Waals surface area (Å²) in [5, 5.41) is 12.9. The quantitative estimate of drug-likeness (QED) is 0.815. The minimum atomic E-state index is -0.469. The van der Waals surface area contributed by atoms with E-state index in [1.165, 1.54) is 11.3 Å². The van der Waals surface area contributed by atoms with Crippen LogP contribution < -0.4 is 5.32 Å². The van der Waals surface area contributed by atoms with Crippen molar-refractivity contribution in [2.24, 2.45) is 0 Å². The SMILES string of the molecule is CCC(O)CNC(=O)c1sc(C)nc1C. The molecule has 0 fully saturated rings. The highest BCUT2D eigenvalue weighted by atomic mass is 32.1. The molecule has 1 aromatic rings. The van der Waals surface area contributed by atoms with E-state index in [-0.39, 0.29) is 5.91 Å². The maximum absolute atomic E-state index is 11.6. The Morgan fingerprint density at radius 1 is 1.60 bits per heavy atom. The monoisotopic (exact) mass is 228 g/mol. The molecule has 4 nitrogen and oxygen atoms in total. The van der Waals surface area contributed by atoms with Gasteiger partial charge in [-0.3, -0.25) is 4.79 Å². The second kappa shape index (κ2) is 5.23. The van der Waals surface area contributed by atoms with Crippen LogP contribution in [0.2, 0.25) is 0 Å². The zero-order chi connectivity index (χ0) is 11.4. The lowest BCUT2D eigenvalue weighted by molar-refractivity contribution is 0.0917. The number of thiazole rings is 1. The number of aryl methyl sites for hydroxylation is 2. The first-order valence-corrected chi connectivity index (χ1v) is 5.76. The van der Waals surface area contributed by atoms with Gasteiger partial charge < -0.3 is 10.4 Å². The van der Waals surface area contributed by atoms with E-state index < -0.39 is 6.10 Å². The molecule has 0 aromatic carbocycles. The Morgan fingerprint density at radius 2 is 2.27 bits per heavy atom. The summed E-state index contributed by atoms with van der Waals surface area (Å²) in [7, 11) is 0. The molecular weight excluding hydrogens is 212 g/mol. The molecule has 5 heteroatoms. The molecule has 1 rings (SSSR count). The molecule has 15 heavy (non-hydrogen) atoms.